The second-order valence-corrected chi connectivity index (χ2v) is 4.70. The molecule has 2 nitrogen and oxygen atoms in total. The lowest BCUT2D eigenvalue weighted by Gasteiger charge is -2.20. The molecule has 0 aromatic heterocycles. The maximum atomic E-state index is 13.3. The molecule has 0 saturated carbocycles. The molecule has 94 valence electrons. The Labute approximate surface area is 112 Å². The van der Waals surface area contributed by atoms with E-state index in [4.69, 9.17) is 29.6 Å². The van der Waals surface area contributed by atoms with Gasteiger partial charge in [0.1, 0.15) is 5.82 Å². The molecule has 0 fully saturated rings. The Hall–Kier alpha value is -0.710. The summed E-state index contributed by atoms with van der Waals surface area (Å²) in [6.07, 6.45) is 0.663. The Morgan fingerprint density at radius 2 is 2.24 bits per heavy atom. The normalized spacial score (nSPS) is 10.8. The number of rotatable bonds is 6. The summed E-state index contributed by atoms with van der Waals surface area (Å²) in [5.74, 6) is -0.380. The minimum absolute atomic E-state index is 0.196. The van der Waals surface area contributed by atoms with Gasteiger partial charge in [-0.15, -0.1) is 0 Å². The Kier molecular flexibility index (Phi) is 5.82. The summed E-state index contributed by atoms with van der Waals surface area (Å²) in [6, 6.07) is 4.85. The summed E-state index contributed by atoms with van der Waals surface area (Å²) >= 11 is 10.7. The lowest BCUT2D eigenvalue weighted by Crippen LogP contribution is -2.27. The van der Waals surface area contributed by atoms with Crippen LogP contribution in [0.2, 0.25) is 5.02 Å². The lowest BCUT2D eigenvalue weighted by atomic mass is 10.2. The first-order valence-electron chi connectivity index (χ1n) is 5.48. The highest BCUT2D eigenvalue weighted by atomic mass is 35.5. The number of benzene rings is 1. The molecule has 1 aromatic carbocycles. The van der Waals surface area contributed by atoms with Crippen molar-refractivity contribution in [2.45, 2.75) is 19.9 Å². The van der Waals surface area contributed by atoms with Gasteiger partial charge in [0.15, 0.2) is 0 Å². The van der Waals surface area contributed by atoms with Gasteiger partial charge in [-0.25, -0.2) is 4.39 Å². The minimum atomic E-state index is -0.380. The van der Waals surface area contributed by atoms with E-state index in [1.807, 2.05) is 13.0 Å². The first kappa shape index (κ1) is 14.4. The molecule has 2 N–H and O–H groups in total. The maximum Gasteiger partial charge on any atom is 0.142 e. The largest absolute Gasteiger partial charge is 0.393 e. The van der Waals surface area contributed by atoms with Crippen LogP contribution in [0.5, 0.6) is 0 Å². The third kappa shape index (κ3) is 4.58. The van der Waals surface area contributed by atoms with Crippen LogP contribution in [-0.4, -0.2) is 23.0 Å². The second-order valence-electron chi connectivity index (χ2n) is 3.80. The Morgan fingerprint density at radius 1 is 1.53 bits per heavy atom. The fraction of sp³-hybridized carbons (Fsp3) is 0.417. The van der Waals surface area contributed by atoms with Crippen LogP contribution >= 0.6 is 23.8 Å². The van der Waals surface area contributed by atoms with Crippen molar-refractivity contribution in [2.24, 2.45) is 5.73 Å². The number of thiocarbonyl (C=S) groups is 1. The summed E-state index contributed by atoms with van der Waals surface area (Å²) in [5, 5.41) is 0.196. The van der Waals surface area contributed by atoms with E-state index < -0.39 is 0 Å². The van der Waals surface area contributed by atoms with Crippen molar-refractivity contribution < 1.29 is 4.39 Å². The van der Waals surface area contributed by atoms with Gasteiger partial charge in [0.25, 0.3) is 0 Å². The number of nitrogens with two attached hydrogens (primary N) is 1. The summed E-state index contributed by atoms with van der Waals surface area (Å²) in [4.78, 5) is 2.62. The van der Waals surface area contributed by atoms with Crippen molar-refractivity contribution in [1.82, 2.24) is 4.90 Å². The average molecular weight is 275 g/mol. The smallest absolute Gasteiger partial charge is 0.142 e. The molecule has 0 aliphatic heterocycles. The maximum absolute atomic E-state index is 13.3. The van der Waals surface area contributed by atoms with Crippen LogP contribution < -0.4 is 5.73 Å². The predicted octanol–water partition coefficient (Wildman–Crippen LogP) is 2.98. The average Bonchev–Trinajstić information content (AvgIpc) is 2.29. The molecule has 1 rings (SSSR count). The van der Waals surface area contributed by atoms with Crippen molar-refractivity contribution in [1.29, 1.82) is 0 Å². The van der Waals surface area contributed by atoms with E-state index in [-0.39, 0.29) is 10.8 Å². The molecular weight excluding hydrogens is 259 g/mol. The predicted molar refractivity (Wildman–Crippen MR) is 73.8 cm³/mol. The zero-order valence-corrected chi connectivity index (χ0v) is 11.3. The number of halogens is 2. The summed E-state index contributed by atoms with van der Waals surface area (Å²) in [5.41, 5.74) is 6.25. The van der Waals surface area contributed by atoms with Gasteiger partial charge in [-0.2, -0.15) is 0 Å². The van der Waals surface area contributed by atoms with Gasteiger partial charge < -0.3 is 5.73 Å². The Bertz CT molecular complexity index is 398. The summed E-state index contributed by atoms with van der Waals surface area (Å²) in [6.45, 7) is 4.25. The fourth-order valence-corrected chi connectivity index (χ4v) is 1.81. The molecule has 0 atom stereocenters. The van der Waals surface area contributed by atoms with Crippen LogP contribution in [0, 0.1) is 5.82 Å². The number of hydrogen-bond acceptors (Lipinski definition) is 2. The lowest BCUT2D eigenvalue weighted by molar-refractivity contribution is 0.288. The van der Waals surface area contributed by atoms with E-state index in [1.54, 1.807) is 6.07 Å². The molecule has 0 unspecified atom stereocenters. The second kappa shape index (κ2) is 6.89. The Morgan fingerprint density at radius 3 is 2.82 bits per heavy atom. The highest BCUT2D eigenvalue weighted by Gasteiger charge is 2.09. The molecule has 0 bridgehead atoms. The minimum Gasteiger partial charge on any atom is -0.393 e. The third-order valence-corrected chi connectivity index (χ3v) is 3.17. The van der Waals surface area contributed by atoms with Crippen LogP contribution in [-0.2, 0) is 6.54 Å². The first-order valence-corrected chi connectivity index (χ1v) is 6.26. The topological polar surface area (TPSA) is 29.3 Å². The molecule has 1 aromatic rings. The van der Waals surface area contributed by atoms with Crippen molar-refractivity contribution >= 4 is 28.8 Å². The molecule has 0 aliphatic rings. The van der Waals surface area contributed by atoms with Gasteiger partial charge in [0, 0.05) is 19.5 Å². The number of nitrogens with zero attached hydrogens (tertiary/aromatic N) is 1. The third-order valence-electron chi connectivity index (χ3n) is 2.55. The quantitative estimate of drug-likeness (QED) is 0.809. The van der Waals surface area contributed by atoms with E-state index in [0.717, 1.165) is 18.7 Å². The van der Waals surface area contributed by atoms with Gasteiger partial charge in [0.05, 0.1) is 10.0 Å². The highest BCUT2D eigenvalue weighted by molar-refractivity contribution is 7.80. The van der Waals surface area contributed by atoms with Crippen LogP contribution in [0.4, 0.5) is 4.39 Å². The first-order chi connectivity index (χ1) is 8.04. The monoisotopic (exact) mass is 274 g/mol. The highest BCUT2D eigenvalue weighted by Crippen LogP contribution is 2.21. The SMILES string of the molecule is CCN(CCC(N)=S)Cc1cccc(F)c1Cl. The van der Waals surface area contributed by atoms with Crippen molar-refractivity contribution in [3.8, 4) is 0 Å². The molecule has 0 heterocycles. The van der Waals surface area contributed by atoms with Gasteiger partial charge in [0.2, 0.25) is 0 Å². The molecule has 0 amide bonds. The zero-order valence-electron chi connectivity index (χ0n) is 9.75. The van der Waals surface area contributed by atoms with Gasteiger partial charge >= 0.3 is 0 Å². The fourth-order valence-electron chi connectivity index (χ4n) is 1.53. The van der Waals surface area contributed by atoms with Gasteiger partial charge in [-0.3, -0.25) is 4.90 Å². The van der Waals surface area contributed by atoms with Crippen molar-refractivity contribution in [3.05, 3.63) is 34.6 Å². The van der Waals surface area contributed by atoms with Crippen LogP contribution in [0.15, 0.2) is 18.2 Å². The van der Waals surface area contributed by atoms with Crippen LogP contribution in [0.3, 0.4) is 0 Å². The molecule has 0 saturated heterocycles. The van der Waals surface area contributed by atoms with Crippen molar-refractivity contribution in [3.63, 3.8) is 0 Å². The van der Waals surface area contributed by atoms with Gasteiger partial charge in [-0.1, -0.05) is 42.9 Å². The van der Waals surface area contributed by atoms with E-state index >= 15 is 0 Å². The zero-order chi connectivity index (χ0) is 12.8. The summed E-state index contributed by atoms with van der Waals surface area (Å²) in [7, 11) is 0. The Balaban J connectivity index is 2.67. The van der Waals surface area contributed by atoms with Gasteiger partial charge in [-0.05, 0) is 18.2 Å². The standard InChI is InChI=1S/C12H16ClFN2S/c1-2-16(7-6-11(15)17)8-9-4-3-5-10(14)12(9)13/h3-5H,2,6-8H2,1H3,(H2,15,17). The van der Waals surface area contributed by atoms with Crippen LogP contribution in [0.25, 0.3) is 0 Å². The molecule has 17 heavy (non-hydrogen) atoms. The van der Waals surface area contributed by atoms with E-state index in [9.17, 15) is 4.39 Å². The molecule has 0 aliphatic carbocycles. The molecule has 0 radical (unpaired) electrons. The van der Waals surface area contributed by atoms with E-state index in [0.29, 0.717) is 18.0 Å². The van der Waals surface area contributed by atoms with Crippen LogP contribution in [0.1, 0.15) is 18.9 Å². The molecule has 5 heteroatoms. The van der Waals surface area contributed by atoms with Crippen molar-refractivity contribution in [2.75, 3.05) is 13.1 Å². The summed E-state index contributed by atoms with van der Waals surface area (Å²) < 4.78 is 13.3. The number of hydrogen-bond donors (Lipinski definition) is 1. The molecule has 0 spiro atoms. The molecular formula is C12H16ClFN2S. The van der Waals surface area contributed by atoms with E-state index in [2.05, 4.69) is 4.90 Å². The van der Waals surface area contributed by atoms with E-state index in [1.165, 1.54) is 6.07 Å².